The minimum atomic E-state index is 0.655. The Bertz CT molecular complexity index is 1070. The maximum atomic E-state index is 8.95. The second-order valence-electron chi connectivity index (χ2n) is 5.45. The van der Waals surface area contributed by atoms with Crippen molar-refractivity contribution in [1.82, 2.24) is 4.98 Å². The van der Waals surface area contributed by atoms with E-state index in [0.29, 0.717) is 5.56 Å². The van der Waals surface area contributed by atoms with E-state index < -0.39 is 0 Å². The van der Waals surface area contributed by atoms with Gasteiger partial charge in [-0.3, -0.25) is 0 Å². The van der Waals surface area contributed by atoms with E-state index in [-0.39, 0.29) is 0 Å². The number of para-hydroxylation sites is 2. The van der Waals surface area contributed by atoms with Gasteiger partial charge in [-0.2, -0.15) is 5.26 Å². The molecule has 0 radical (unpaired) electrons. The van der Waals surface area contributed by atoms with Gasteiger partial charge in [0.15, 0.2) is 0 Å². The summed E-state index contributed by atoms with van der Waals surface area (Å²) in [5, 5.41) is 9.87. The number of hydrogen-bond donors (Lipinski definition) is 1. The number of anilines is 1. The number of fused-ring (bicyclic) bond motifs is 1. The van der Waals surface area contributed by atoms with Crippen LogP contribution in [0.5, 0.6) is 0 Å². The number of thiazole rings is 1. The molecule has 3 nitrogen and oxygen atoms in total. The first kappa shape index (κ1) is 14.4. The summed E-state index contributed by atoms with van der Waals surface area (Å²) in [6.07, 6.45) is 0. The quantitative estimate of drug-likeness (QED) is 0.522. The molecule has 1 aromatic heterocycles. The molecule has 4 aromatic rings. The van der Waals surface area contributed by atoms with Crippen molar-refractivity contribution in [3.63, 3.8) is 0 Å². The first-order valence-electron chi connectivity index (χ1n) is 7.51. The molecule has 0 unspecified atom stereocenters. The van der Waals surface area contributed by atoms with Crippen molar-refractivity contribution in [3.05, 3.63) is 72.3 Å². The summed E-state index contributed by atoms with van der Waals surface area (Å²) in [5.41, 5.74) is 11.5. The van der Waals surface area contributed by atoms with E-state index in [1.54, 1.807) is 11.3 Å². The SMILES string of the molecule is N#Cc1ccc(-c2cccc3sc(-c4ccccc4N)nc23)cc1. The third-order valence-corrected chi connectivity index (χ3v) is 4.99. The highest BCUT2D eigenvalue weighted by Gasteiger charge is 2.12. The average Bonchev–Trinajstić information content (AvgIpc) is 3.06. The summed E-state index contributed by atoms with van der Waals surface area (Å²) in [5.74, 6) is 0. The van der Waals surface area contributed by atoms with Crippen LogP contribution in [0.4, 0.5) is 5.69 Å². The molecule has 0 saturated carbocycles. The predicted octanol–water partition coefficient (Wildman–Crippen LogP) is 5.08. The highest BCUT2D eigenvalue weighted by Crippen LogP contribution is 2.37. The van der Waals surface area contributed by atoms with Gasteiger partial charge in [-0.15, -0.1) is 11.3 Å². The number of hydrogen-bond acceptors (Lipinski definition) is 4. The predicted molar refractivity (Wildman–Crippen MR) is 99.6 cm³/mol. The zero-order valence-corrected chi connectivity index (χ0v) is 13.5. The second-order valence-corrected chi connectivity index (χ2v) is 6.48. The number of aromatic nitrogens is 1. The van der Waals surface area contributed by atoms with Gasteiger partial charge >= 0.3 is 0 Å². The third-order valence-electron chi connectivity index (χ3n) is 3.94. The molecule has 0 aliphatic heterocycles. The fraction of sp³-hybridized carbons (Fsp3) is 0. The largest absolute Gasteiger partial charge is 0.398 e. The van der Waals surface area contributed by atoms with Crippen molar-refractivity contribution >= 4 is 27.2 Å². The lowest BCUT2D eigenvalue weighted by Gasteiger charge is -2.03. The Morgan fingerprint density at radius 2 is 1.62 bits per heavy atom. The Labute approximate surface area is 143 Å². The zero-order chi connectivity index (χ0) is 16.5. The van der Waals surface area contributed by atoms with Crippen LogP contribution in [0.3, 0.4) is 0 Å². The number of nitrogen functional groups attached to an aromatic ring is 1. The van der Waals surface area contributed by atoms with Crippen molar-refractivity contribution in [2.45, 2.75) is 0 Å². The van der Waals surface area contributed by atoms with Gasteiger partial charge in [-0.05, 0) is 35.9 Å². The molecule has 0 fully saturated rings. The van der Waals surface area contributed by atoms with E-state index >= 15 is 0 Å². The van der Waals surface area contributed by atoms with Gasteiger partial charge in [0.1, 0.15) is 5.01 Å². The van der Waals surface area contributed by atoms with Gasteiger partial charge in [-0.1, -0.05) is 36.4 Å². The first-order chi connectivity index (χ1) is 11.8. The zero-order valence-electron chi connectivity index (χ0n) is 12.7. The van der Waals surface area contributed by atoms with Crippen molar-refractivity contribution in [3.8, 4) is 27.8 Å². The molecule has 4 rings (SSSR count). The fourth-order valence-corrected chi connectivity index (χ4v) is 3.75. The Morgan fingerprint density at radius 1 is 0.875 bits per heavy atom. The van der Waals surface area contributed by atoms with Crippen LogP contribution >= 0.6 is 11.3 Å². The molecular formula is C20H13N3S. The lowest BCUT2D eigenvalue weighted by molar-refractivity contribution is 1.46. The van der Waals surface area contributed by atoms with Crippen LogP contribution in [0.1, 0.15) is 5.56 Å². The van der Waals surface area contributed by atoms with Gasteiger partial charge < -0.3 is 5.73 Å². The van der Waals surface area contributed by atoms with E-state index in [2.05, 4.69) is 18.2 Å². The van der Waals surface area contributed by atoms with Crippen LogP contribution in [0, 0.1) is 11.3 Å². The van der Waals surface area contributed by atoms with E-state index in [9.17, 15) is 0 Å². The highest BCUT2D eigenvalue weighted by molar-refractivity contribution is 7.21. The molecule has 2 N–H and O–H groups in total. The molecule has 0 aliphatic rings. The van der Waals surface area contributed by atoms with E-state index in [0.717, 1.165) is 37.6 Å². The maximum absolute atomic E-state index is 8.95. The van der Waals surface area contributed by atoms with Crippen LogP contribution in [0.2, 0.25) is 0 Å². The van der Waals surface area contributed by atoms with Crippen LogP contribution in [0.15, 0.2) is 66.7 Å². The molecule has 0 saturated heterocycles. The second kappa shape index (κ2) is 5.80. The molecule has 0 atom stereocenters. The third kappa shape index (κ3) is 2.41. The molecule has 0 bridgehead atoms. The summed E-state index contributed by atoms with van der Waals surface area (Å²) < 4.78 is 1.12. The summed E-state index contributed by atoms with van der Waals surface area (Å²) in [7, 11) is 0. The fourth-order valence-electron chi connectivity index (χ4n) is 2.71. The topological polar surface area (TPSA) is 62.7 Å². The molecule has 3 aromatic carbocycles. The van der Waals surface area contributed by atoms with Gasteiger partial charge in [0.05, 0.1) is 21.8 Å². The lowest BCUT2D eigenvalue weighted by Crippen LogP contribution is -1.88. The van der Waals surface area contributed by atoms with Crippen LogP contribution < -0.4 is 5.73 Å². The Hall–Kier alpha value is -3.16. The minimum absolute atomic E-state index is 0.655. The van der Waals surface area contributed by atoms with Gasteiger partial charge in [0, 0.05) is 16.8 Å². The van der Waals surface area contributed by atoms with Crippen LogP contribution in [-0.4, -0.2) is 4.98 Å². The number of nitriles is 1. The van der Waals surface area contributed by atoms with E-state index in [4.69, 9.17) is 16.0 Å². The molecular weight excluding hydrogens is 314 g/mol. The van der Waals surface area contributed by atoms with Gasteiger partial charge in [-0.25, -0.2) is 4.98 Å². The Morgan fingerprint density at radius 3 is 2.38 bits per heavy atom. The molecule has 0 amide bonds. The van der Waals surface area contributed by atoms with Gasteiger partial charge in [0.2, 0.25) is 0 Å². The van der Waals surface area contributed by atoms with Crippen LogP contribution in [0.25, 0.3) is 31.9 Å². The van der Waals surface area contributed by atoms with E-state index in [1.807, 2.05) is 54.6 Å². The number of nitrogens with zero attached hydrogens (tertiary/aromatic N) is 2. The summed E-state index contributed by atoms with van der Waals surface area (Å²) in [4.78, 5) is 4.84. The smallest absolute Gasteiger partial charge is 0.126 e. The standard InChI is InChI=1S/C20H13N3S/c21-12-13-8-10-14(11-9-13)15-5-3-7-18-19(15)23-20(24-18)16-4-1-2-6-17(16)22/h1-11H,22H2. The molecule has 0 aliphatic carbocycles. The molecule has 114 valence electrons. The molecule has 1 heterocycles. The number of benzene rings is 3. The maximum Gasteiger partial charge on any atom is 0.126 e. The van der Waals surface area contributed by atoms with E-state index in [1.165, 1.54) is 0 Å². The summed E-state index contributed by atoms with van der Waals surface area (Å²) in [6.45, 7) is 0. The lowest BCUT2D eigenvalue weighted by atomic mass is 10.0. The van der Waals surface area contributed by atoms with Gasteiger partial charge in [0.25, 0.3) is 0 Å². The highest BCUT2D eigenvalue weighted by atomic mass is 32.1. The summed E-state index contributed by atoms with van der Waals surface area (Å²) >= 11 is 1.64. The Balaban J connectivity index is 1.89. The normalized spacial score (nSPS) is 10.6. The Kier molecular flexibility index (Phi) is 3.49. The first-order valence-corrected chi connectivity index (χ1v) is 8.33. The van der Waals surface area contributed by atoms with Crippen molar-refractivity contribution in [1.29, 1.82) is 5.26 Å². The number of rotatable bonds is 2. The molecule has 4 heteroatoms. The monoisotopic (exact) mass is 327 g/mol. The van der Waals surface area contributed by atoms with Crippen molar-refractivity contribution in [2.24, 2.45) is 0 Å². The van der Waals surface area contributed by atoms with Crippen molar-refractivity contribution in [2.75, 3.05) is 5.73 Å². The number of nitrogens with two attached hydrogens (primary N) is 1. The van der Waals surface area contributed by atoms with Crippen molar-refractivity contribution < 1.29 is 0 Å². The average molecular weight is 327 g/mol. The minimum Gasteiger partial charge on any atom is -0.398 e. The molecule has 0 spiro atoms. The van der Waals surface area contributed by atoms with Crippen LogP contribution in [-0.2, 0) is 0 Å². The summed E-state index contributed by atoms with van der Waals surface area (Å²) in [6, 6.07) is 23.7. The molecule has 24 heavy (non-hydrogen) atoms.